The summed E-state index contributed by atoms with van der Waals surface area (Å²) in [5, 5.41) is 9.71. The van der Waals surface area contributed by atoms with Crippen molar-refractivity contribution in [2.45, 2.75) is 0 Å². The van der Waals surface area contributed by atoms with Gasteiger partial charge in [0.15, 0.2) is 0 Å². The first kappa shape index (κ1) is 8.65. The molecule has 5 heteroatoms. The highest BCUT2D eigenvalue weighted by molar-refractivity contribution is 9.10. The van der Waals surface area contributed by atoms with Gasteiger partial charge in [0.1, 0.15) is 4.60 Å². The van der Waals surface area contributed by atoms with Gasteiger partial charge in [0.25, 0.3) is 0 Å². The summed E-state index contributed by atoms with van der Waals surface area (Å²) in [7, 11) is 0. The molecule has 0 amide bonds. The molecule has 0 saturated heterocycles. The van der Waals surface area contributed by atoms with Gasteiger partial charge >= 0.3 is 5.97 Å². The van der Waals surface area contributed by atoms with Gasteiger partial charge in [-0.05, 0) is 33.5 Å². The molecule has 0 aliphatic rings. The molecule has 0 unspecified atom stereocenters. The second kappa shape index (κ2) is 3.08. The molecule has 66 valence electrons. The Bertz CT molecular complexity index is 480. The molecule has 0 fully saturated rings. The van der Waals surface area contributed by atoms with Crippen molar-refractivity contribution in [1.82, 2.24) is 4.37 Å². The van der Waals surface area contributed by atoms with Crippen LogP contribution in [0, 0.1) is 0 Å². The molecule has 1 aromatic carbocycles. The Labute approximate surface area is 86.3 Å². The molecule has 2 rings (SSSR count). The molecule has 0 bridgehead atoms. The maximum atomic E-state index is 10.8. The highest BCUT2D eigenvalue weighted by Gasteiger charge is 2.11. The lowest BCUT2D eigenvalue weighted by Gasteiger charge is -1.94. The van der Waals surface area contributed by atoms with Gasteiger partial charge in [-0.2, -0.15) is 4.37 Å². The Hall–Kier alpha value is -0.940. The number of rotatable bonds is 1. The Morgan fingerprint density at radius 2 is 2.31 bits per heavy atom. The normalized spacial score (nSPS) is 10.5. The predicted molar refractivity (Wildman–Crippen MR) is 54.3 cm³/mol. The molecule has 0 radical (unpaired) electrons. The van der Waals surface area contributed by atoms with Crippen LogP contribution in [0.2, 0.25) is 0 Å². The van der Waals surface area contributed by atoms with Gasteiger partial charge in [-0.15, -0.1) is 0 Å². The largest absolute Gasteiger partial charge is 0.478 e. The summed E-state index contributed by atoms with van der Waals surface area (Å²) in [5.74, 6) is -0.915. The quantitative estimate of drug-likeness (QED) is 0.855. The lowest BCUT2D eigenvalue weighted by Crippen LogP contribution is -1.94. The molecule has 2 aromatic rings. The summed E-state index contributed by atoms with van der Waals surface area (Å²) >= 11 is 4.45. The van der Waals surface area contributed by atoms with E-state index in [0.717, 1.165) is 5.39 Å². The first-order valence-corrected chi connectivity index (χ1v) is 5.04. The maximum Gasteiger partial charge on any atom is 0.337 e. The summed E-state index contributed by atoms with van der Waals surface area (Å²) < 4.78 is 5.45. The van der Waals surface area contributed by atoms with E-state index in [4.69, 9.17) is 5.11 Å². The number of aromatic carboxylic acids is 1. The van der Waals surface area contributed by atoms with Crippen LogP contribution in [0.1, 0.15) is 10.4 Å². The van der Waals surface area contributed by atoms with E-state index in [0.29, 0.717) is 14.9 Å². The SMILES string of the molecule is O=C(O)c1cccc2c(Br)nsc12. The van der Waals surface area contributed by atoms with Gasteiger partial charge in [-0.1, -0.05) is 12.1 Å². The van der Waals surface area contributed by atoms with E-state index in [1.165, 1.54) is 11.5 Å². The molecule has 0 saturated carbocycles. The minimum atomic E-state index is -0.915. The van der Waals surface area contributed by atoms with Crippen molar-refractivity contribution >= 4 is 43.5 Å². The van der Waals surface area contributed by atoms with Crippen molar-refractivity contribution in [3.63, 3.8) is 0 Å². The monoisotopic (exact) mass is 257 g/mol. The topological polar surface area (TPSA) is 50.2 Å². The summed E-state index contributed by atoms with van der Waals surface area (Å²) in [4.78, 5) is 10.8. The molecular formula is C8H4BrNO2S. The Morgan fingerprint density at radius 1 is 1.54 bits per heavy atom. The Balaban J connectivity index is 2.84. The molecule has 0 atom stereocenters. The van der Waals surface area contributed by atoms with Crippen LogP contribution in [0.15, 0.2) is 22.8 Å². The number of carbonyl (C=O) groups is 1. The highest BCUT2D eigenvalue weighted by atomic mass is 79.9. The summed E-state index contributed by atoms with van der Waals surface area (Å²) in [5.41, 5.74) is 0.306. The molecule has 1 heterocycles. The number of hydrogen-bond donors (Lipinski definition) is 1. The van der Waals surface area contributed by atoms with Gasteiger partial charge < -0.3 is 5.11 Å². The van der Waals surface area contributed by atoms with Crippen LogP contribution in [-0.4, -0.2) is 15.4 Å². The molecule has 13 heavy (non-hydrogen) atoms. The third kappa shape index (κ3) is 1.34. The maximum absolute atomic E-state index is 10.8. The van der Waals surface area contributed by atoms with Crippen LogP contribution in [0.5, 0.6) is 0 Å². The second-order valence-electron chi connectivity index (χ2n) is 2.46. The van der Waals surface area contributed by atoms with Crippen LogP contribution < -0.4 is 0 Å². The lowest BCUT2D eigenvalue weighted by molar-refractivity contribution is 0.0699. The van der Waals surface area contributed by atoms with Gasteiger partial charge in [0.05, 0.1) is 10.3 Å². The fourth-order valence-electron chi connectivity index (χ4n) is 1.10. The number of carboxylic acid groups (broad SMARTS) is 1. The zero-order valence-corrected chi connectivity index (χ0v) is 8.72. The van der Waals surface area contributed by atoms with Gasteiger partial charge in [-0.25, -0.2) is 4.79 Å². The molecule has 1 aromatic heterocycles. The van der Waals surface area contributed by atoms with Crippen molar-refractivity contribution in [3.05, 3.63) is 28.4 Å². The summed E-state index contributed by atoms with van der Waals surface area (Å²) in [6, 6.07) is 5.13. The molecular weight excluding hydrogens is 254 g/mol. The number of carboxylic acids is 1. The minimum Gasteiger partial charge on any atom is -0.478 e. The van der Waals surface area contributed by atoms with Gasteiger partial charge in [0.2, 0.25) is 0 Å². The average molecular weight is 258 g/mol. The summed E-state index contributed by atoms with van der Waals surface area (Å²) in [6.45, 7) is 0. The highest BCUT2D eigenvalue weighted by Crippen LogP contribution is 2.29. The number of benzene rings is 1. The number of fused-ring (bicyclic) bond motifs is 1. The van der Waals surface area contributed by atoms with E-state index in [2.05, 4.69) is 20.3 Å². The third-order valence-electron chi connectivity index (χ3n) is 1.68. The fourth-order valence-corrected chi connectivity index (χ4v) is 2.57. The zero-order chi connectivity index (χ0) is 9.42. The first-order valence-electron chi connectivity index (χ1n) is 3.47. The first-order chi connectivity index (χ1) is 6.20. The standard InChI is InChI=1S/C8H4BrNO2S/c9-7-4-2-1-3-5(8(11)12)6(4)13-10-7/h1-3H,(H,11,12). The van der Waals surface area contributed by atoms with E-state index < -0.39 is 5.97 Å². The molecule has 0 aliphatic carbocycles. The van der Waals surface area contributed by atoms with Crippen LogP contribution in [-0.2, 0) is 0 Å². The van der Waals surface area contributed by atoms with E-state index in [1.54, 1.807) is 12.1 Å². The summed E-state index contributed by atoms with van der Waals surface area (Å²) in [6.07, 6.45) is 0. The zero-order valence-electron chi connectivity index (χ0n) is 6.32. The fraction of sp³-hybridized carbons (Fsp3) is 0. The number of hydrogen-bond acceptors (Lipinski definition) is 3. The Kier molecular flexibility index (Phi) is 2.05. The number of halogens is 1. The molecule has 0 aliphatic heterocycles. The van der Waals surface area contributed by atoms with Crippen molar-refractivity contribution < 1.29 is 9.90 Å². The van der Waals surface area contributed by atoms with Crippen molar-refractivity contribution in [3.8, 4) is 0 Å². The average Bonchev–Trinajstić information content (AvgIpc) is 2.48. The Morgan fingerprint density at radius 3 is 3.00 bits per heavy atom. The van der Waals surface area contributed by atoms with Crippen molar-refractivity contribution in [2.24, 2.45) is 0 Å². The third-order valence-corrected chi connectivity index (χ3v) is 3.42. The van der Waals surface area contributed by atoms with Crippen LogP contribution in [0.25, 0.3) is 10.1 Å². The van der Waals surface area contributed by atoms with Crippen LogP contribution in [0.3, 0.4) is 0 Å². The number of nitrogens with zero attached hydrogens (tertiary/aromatic N) is 1. The van der Waals surface area contributed by atoms with E-state index in [-0.39, 0.29) is 0 Å². The van der Waals surface area contributed by atoms with E-state index in [1.807, 2.05) is 6.07 Å². The van der Waals surface area contributed by atoms with Gasteiger partial charge in [0, 0.05) is 5.39 Å². The molecule has 0 spiro atoms. The second-order valence-corrected chi connectivity index (χ2v) is 3.99. The van der Waals surface area contributed by atoms with Crippen molar-refractivity contribution in [2.75, 3.05) is 0 Å². The van der Waals surface area contributed by atoms with E-state index >= 15 is 0 Å². The molecule has 1 N–H and O–H groups in total. The van der Waals surface area contributed by atoms with E-state index in [9.17, 15) is 4.79 Å². The van der Waals surface area contributed by atoms with Crippen LogP contribution in [0.4, 0.5) is 0 Å². The molecule has 3 nitrogen and oxygen atoms in total. The van der Waals surface area contributed by atoms with Crippen molar-refractivity contribution in [1.29, 1.82) is 0 Å². The predicted octanol–water partition coefficient (Wildman–Crippen LogP) is 2.76. The lowest BCUT2D eigenvalue weighted by atomic mass is 10.2. The van der Waals surface area contributed by atoms with Crippen LogP contribution >= 0.6 is 27.5 Å². The number of aromatic nitrogens is 1. The minimum absolute atomic E-state index is 0.306. The smallest absolute Gasteiger partial charge is 0.337 e. The van der Waals surface area contributed by atoms with Gasteiger partial charge in [-0.3, -0.25) is 0 Å².